The highest BCUT2D eigenvalue weighted by molar-refractivity contribution is 7.91. The Morgan fingerprint density at radius 1 is 1.11 bits per heavy atom. The first-order chi connectivity index (χ1) is 13.0. The Morgan fingerprint density at radius 2 is 1.82 bits per heavy atom. The summed E-state index contributed by atoms with van der Waals surface area (Å²) in [7, 11) is -3.58. The third kappa shape index (κ3) is 5.75. The summed E-state index contributed by atoms with van der Waals surface area (Å²) >= 11 is 0. The zero-order valence-electron chi connectivity index (χ0n) is 15.9. The first-order valence-electron chi connectivity index (χ1n) is 9.61. The highest BCUT2D eigenvalue weighted by atomic mass is 35.5. The van der Waals surface area contributed by atoms with E-state index in [0.29, 0.717) is 31.3 Å². The molecule has 0 spiro atoms. The van der Waals surface area contributed by atoms with Gasteiger partial charge in [-0.1, -0.05) is 12.8 Å². The van der Waals surface area contributed by atoms with E-state index in [1.807, 2.05) is 0 Å². The van der Waals surface area contributed by atoms with Gasteiger partial charge in [-0.3, -0.25) is 4.79 Å². The minimum atomic E-state index is -3.58. The lowest BCUT2D eigenvalue weighted by Gasteiger charge is -2.31. The Labute approximate surface area is 172 Å². The number of benzene rings is 1. The van der Waals surface area contributed by atoms with Gasteiger partial charge in [0.1, 0.15) is 0 Å². The number of halogens is 1. The minimum absolute atomic E-state index is 0. The second-order valence-corrected chi connectivity index (χ2v) is 9.29. The van der Waals surface area contributed by atoms with Crippen LogP contribution in [0, 0.1) is 5.92 Å². The molecule has 3 N–H and O–H groups in total. The van der Waals surface area contributed by atoms with Crippen molar-refractivity contribution in [1.82, 2.24) is 5.32 Å². The molecule has 3 rings (SSSR count). The van der Waals surface area contributed by atoms with Gasteiger partial charge in [-0.05, 0) is 37.4 Å². The molecule has 0 radical (unpaired) electrons. The van der Waals surface area contributed by atoms with Crippen molar-refractivity contribution in [2.75, 3.05) is 25.5 Å². The molecule has 9 heteroatoms. The quantitative estimate of drug-likeness (QED) is 0.712. The number of rotatable bonds is 6. The summed E-state index contributed by atoms with van der Waals surface area (Å²) in [5.41, 5.74) is 5.79. The summed E-state index contributed by atoms with van der Waals surface area (Å²) in [6.07, 6.45) is 4.80. The van der Waals surface area contributed by atoms with Crippen molar-refractivity contribution in [3.05, 3.63) is 18.2 Å². The molecule has 158 valence electrons. The highest BCUT2D eigenvalue weighted by Crippen LogP contribution is 2.32. The monoisotopic (exact) mass is 432 g/mol. The molecule has 7 nitrogen and oxygen atoms in total. The number of nitrogens with two attached hydrogens (primary N) is 1. The van der Waals surface area contributed by atoms with E-state index >= 15 is 0 Å². The van der Waals surface area contributed by atoms with Crippen LogP contribution in [-0.2, 0) is 14.6 Å². The normalized spacial score (nSPS) is 21.9. The van der Waals surface area contributed by atoms with Crippen molar-refractivity contribution < 1.29 is 22.7 Å². The maximum Gasteiger partial charge on any atom is 0.221 e. The number of sulfone groups is 1. The van der Waals surface area contributed by atoms with E-state index in [1.165, 1.54) is 12.1 Å². The lowest BCUT2D eigenvalue weighted by atomic mass is 9.84. The largest absolute Gasteiger partial charge is 0.490 e. The van der Waals surface area contributed by atoms with Crippen LogP contribution in [0.3, 0.4) is 0 Å². The van der Waals surface area contributed by atoms with Gasteiger partial charge in [0.25, 0.3) is 0 Å². The number of nitrogens with one attached hydrogen (secondary N) is 1. The van der Waals surface area contributed by atoms with E-state index in [0.717, 1.165) is 32.1 Å². The molecule has 1 aliphatic heterocycles. The molecule has 0 bridgehead atoms. The van der Waals surface area contributed by atoms with Gasteiger partial charge in [0, 0.05) is 24.9 Å². The van der Waals surface area contributed by atoms with Crippen LogP contribution in [0.25, 0.3) is 0 Å². The summed E-state index contributed by atoms with van der Waals surface area (Å²) in [5.74, 6) is 0.790. The molecule has 1 saturated carbocycles. The summed E-state index contributed by atoms with van der Waals surface area (Å²) in [6, 6.07) is 4.66. The summed E-state index contributed by atoms with van der Waals surface area (Å²) < 4.78 is 36.3. The Bertz CT molecular complexity index is 772. The third-order valence-corrected chi connectivity index (χ3v) is 6.95. The summed E-state index contributed by atoms with van der Waals surface area (Å²) in [4.78, 5) is 12.4. The van der Waals surface area contributed by atoms with Gasteiger partial charge in [0.05, 0.1) is 23.9 Å². The predicted molar refractivity (Wildman–Crippen MR) is 109 cm³/mol. The van der Waals surface area contributed by atoms with E-state index in [4.69, 9.17) is 15.2 Å². The fourth-order valence-corrected chi connectivity index (χ4v) is 4.89. The van der Waals surface area contributed by atoms with Crippen LogP contribution in [0.4, 0.5) is 0 Å². The fraction of sp³-hybridized carbons (Fsp3) is 0.632. The number of amides is 1. The van der Waals surface area contributed by atoms with Crippen molar-refractivity contribution >= 4 is 28.2 Å². The van der Waals surface area contributed by atoms with Gasteiger partial charge in [0.2, 0.25) is 5.91 Å². The lowest BCUT2D eigenvalue weighted by Crippen LogP contribution is -2.45. The molecule has 1 heterocycles. The standard InChI is InChI=1S/C19H28N2O5S.ClH/c20-13-14-4-1-2-5-16(14)21-19(22)8-11-27(23,24)15-6-7-17-18(12-15)26-10-3-9-25-17;/h6-7,12,14,16H,1-5,8-11,13,20H2,(H,21,22);1H. The van der Waals surface area contributed by atoms with Crippen molar-refractivity contribution in [2.24, 2.45) is 11.7 Å². The van der Waals surface area contributed by atoms with Crippen LogP contribution in [0.15, 0.2) is 23.1 Å². The van der Waals surface area contributed by atoms with E-state index in [-0.39, 0.29) is 47.3 Å². The number of hydrogen-bond donors (Lipinski definition) is 2. The minimum Gasteiger partial charge on any atom is -0.490 e. The number of carbonyl (C=O) groups excluding carboxylic acids is 1. The SMILES string of the molecule is Cl.NCC1CCCCC1NC(=O)CCS(=O)(=O)c1ccc2c(c1)OCCCO2. The molecule has 2 unspecified atom stereocenters. The molecule has 0 saturated heterocycles. The Kier molecular flexibility index (Phi) is 8.39. The van der Waals surface area contributed by atoms with E-state index < -0.39 is 9.84 Å². The summed E-state index contributed by atoms with van der Waals surface area (Å²) in [6.45, 7) is 1.58. The topological polar surface area (TPSA) is 108 Å². The zero-order valence-corrected chi connectivity index (χ0v) is 17.5. The molecule has 2 atom stereocenters. The van der Waals surface area contributed by atoms with Crippen LogP contribution in [0.1, 0.15) is 38.5 Å². The molecule has 0 aromatic heterocycles. The molecule has 1 fully saturated rings. The Balaban J connectivity index is 0.00000280. The maximum atomic E-state index is 12.6. The molecule has 1 aliphatic carbocycles. The number of ether oxygens (including phenoxy) is 2. The van der Waals surface area contributed by atoms with Crippen molar-refractivity contribution in [2.45, 2.75) is 49.5 Å². The van der Waals surface area contributed by atoms with Crippen molar-refractivity contribution in [1.29, 1.82) is 0 Å². The second-order valence-electron chi connectivity index (χ2n) is 7.18. The fourth-order valence-electron chi connectivity index (χ4n) is 3.64. The van der Waals surface area contributed by atoms with Gasteiger partial charge < -0.3 is 20.5 Å². The van der Waals surface area contributed by atoms with Gasteiger partial charge in [-0.15, -0.1) is 12.4 Å². The van der Waals surface area contributed by atoms with E-state index in [2.05, 4.69) is 5.32 Å². The average Bonchev–Trinajstić information content (AvgIpc) is 2.92. The van der Waals surface area contributed by atoms with Crippen LogP contribution in [0.5, 0.6) is 11.5 Å². The first kappa shape index (κ1) is 22.8. The lowest BCUT2D eigenvalue weighted by molar-refractivity contribution is -0.122. The van der Waals surface area contributed by atoms with Gasteiger partial charge in [-0.2, -0.15) is 0 Å². The number of carbonyl (C=O) groups is 1. The van der Waals surface area contributed by atoms with Gasteiger partial charge in [0.15, 0.2) is 21.3 Å². The molecule has 1 aromatic rings. The number of hydrogen-bond acceptors (Lipinski definition) is 6. The van der Waals surface area contributed by atoms with Crippen LogP contribution in [0.2, 0.25) is 0 Å². The molecule has 2 aliphatic rings. The number of fused-ring (bicyclic) bond motifs is 1. The smallest absolute Gasteiger partial charge is 0.221 e. The predicted octanol–water partition coefficient (Wildman–Crippen LogP) is 2.07. The molecule has 1 amide bonds. The molecular formula is C19H29ClN2O5S. The zero-order chi connectivity index (χ0) is 19.3. The summed E-state index contributed by atoms with van der Waals surface area (Å²) in [5, 5.41) is 2.97. The second kappa shape index (κ2) is 10.3. The van der Waals surface area contributed by atoms with Crippen molar-refractivity contribution in [3.63, 3.8) is 0 Å². The molecular weight excluding hydrogens is 404 g/mol. The van der Waals surface area contributed by atoms with Gasteiger partial charge in [-0.25, -0.2) is 8.42 Å². The van der Waals surface area contributed by atoms with Crippen LogP contribution < -0.4 is 20.5 Å². The van der Waals surface area contributed by atoms with Crippen LogP contribution in [-0.4, -0.2) is 45.9 Å². The molecule has 1 aromatic carbocycles. The average molecular weight is 433 g/mol. The highest BCUT2D eigenvalue weighted by Gasteiger charge is 2.26. The first-order valence-corrected chi connectivity index (χ1v) is 11.3. The molecule has 28 heavy (non-hydrogen) atoms. The van der Waals surface area contributed by atoms with Crippen LogP contribution >= 0.6 is 12.4 Å². The third-order valence-electron chi connectivity index (χ3n) is 5.23. The maximum absolute atomic E-state index is 12.6. The van der Waals surface area contributed by atoms with E-state index in [9.17, 15) is 13.2 Å². The van der Waals surface area contributed by atoms with E-state index in [1.54, 1.807) is 6.07 Å². The Morgan fingerprint density at radius 3 is 2.57 bits per heavy atom. The van der Waals surface area contributed by atoms with Gasteiger partial charge >= 0.3 is 0 Å². The Hall–Kier alpha value is -1.51. The van der Waals surface area contributed by atoms with Crippen molar-refractivity contribution in [3.8, 4) is 11.5 Å².